The van der Waals surface area contributed by atoms with Crippen LogP contribution in [-0.4, -0.2) is 20.9 Å². The fraction of sp³-hybridized carbons (Fsp3) is 0.0714. The van der Waals surface area contributed by atoms with Crippen LogP contribution in [0.25, 0.3) is 0 Å². The van der Waals surface area contributed by atoms with Crippen molar-refractivity contribution in [3.05, 3.63) is 53.3 Å². The van der Waals surface area contributed by atoms with Crippen LogP contribution in [-0.2, 0) is 14.8 Å². The third-order valence-corrected chi connectivity index (χ3v) is 3.91. The van der Waals surface area contributed by atoms with Crippen molar-refractivity contribution in [1.82, 2.24) is 0 Å². The van der Waals surface area contributed by atoms with Gasteiger partial charge in [0.2, 0.25) is 10.0 Å². The highest BCUT2D eigenvalue weighted by molar-refractivity contribution is 7.89. The predicted molar refractivity (Wildman–Crippen MR) is 83.3 cm³/mol. The average molecular weight is 359 g/mol. The zero-order chi connectivity index (χ0) is 17.0. The SMILES string of the molecule is NS(=O)(=O)c1cccc(NC(=O)COc2ccc(F)cc2Cl)c1. The molecule has 0 aliphatic heterocycles. The largest absolute Gasteiger partial charge is 0.482 e. The average Bonchev–Trinajstić information content (AvgIpc) is 2.45. The number of hydrogen-bond acceptors (Lipinski definition) is 4. The number of carbonyl (C=O) groups is 1. The van der Waals surface area contributed by atoms with E-state index >= 15 is 0 Å². The first-order chi connectivity index (χ1) is 10.8. The van der Waals surface area contributed by atoms with Crippen molar-refractivity contribution in [1.29, 1.82) is 0 Å². The van der Waals surface area contributed by atoms with Gasteiger partial charge in [-0.25, -0.2) is 17.9 Å². The minimum atomic E-state index is -3.86. The molecule has 0 saturated heterocycles. The first kappa shape index (κ1) is 17.2. The molecule has 0 bridgehead atoms. The Labute approximate surface area is 137 Å². The van der Waals surface area contributed by atoms with Crippen LogP contribution < -0.4 is 15.2 Å². The lowest BCUT2D eigenvalue weighted by atomic mass is 10.3. The molecule has 0 aromatic heterocycles. The second-order valence-electron chi connectivity index (χ2n) is 4.48. The highest BCUT2D eigenvalue weighted by atomic mass is 35.5. The van der Waals surface area contributed by atoms with Gasteiger partial charge in [0.1, 0.15) is 11.6 Å². The summed E-state index contributed by atoms with van der Waals surface area (Å²) in [6.07, 6.45) is 0. The van der Waals surface area contributed by atoms with Crippen molar-refractivity contribution in [3.63, 3.8) is 0 Å². The van der Waals surface area contributed by atoms with Gasteiger partial charge in [-0.2, -0.15) is 0 Å². The second kappa shape index (κ2) is 6.95. The quantitative estimate of drug-likeness (QED) is 0.855. The number of ether oxygens (including phenoxy) is 1. The van der Waals surface area contributed by atoms with Gasteiger partial charge >= 0.3 is 0 Å². The summed E-state index contributed by atoms with van der Waals surface area (Å²) < 4.78 is 40.5. The number of hydrogen-bond donors (Lipinski definition) is 2. The van der Waals surface area contributed by atoms with Crippen molar-refractivity contribution >= 4 is 33.2 Å². The lowest BCUT2D eigenvalue weighted by molar-refractivity contribution is -0.118. The van der Waals surface area contributed by atoms with E-state index in [4.69, 9.17) is 21.5 Å². The molecule has 2 aromatic rings. The molecule has 2 rings (SSSR count). The molecule has 6 nitrogen and oxygen atoms in total. The minimum Gasteiger partial charge on any atom is -0.482 e. The molecule has 0 unspecified atom stereocenters. The first-order valence-corrected chi connectivity index (χ1v) is 8.19. The smallest absolute Gasteiger partial charge is 0.262 e. The molecule has 3 N–H and O–H groups in total. The predicted octanol–water partition coefficient (Wildman–Crippen LogP) is 2.14. The van der Waals surface area contributed by atoms with Gasteiger partial charge in [0.25, 0.3) is 5.91 Å². The maximum atomic E-state index is 12.9. The van der Waals surface area contributed by atoms with Crippen LogP contribution in [0.5, 0.6) is 5.75 Å². The third kappa shape index (κ3) is 4.92. The van der Waals surface area contributed by atoms with Crippen LogP contribution in [0.2, 0.25) is 5.02 Å². The van der Waals surface area contributed by atoms with Gasteiger partial charge in [-0.1, -0.05) is 17.7 Å². The Hall–Kier alpha value is -2.16. The maximum absolute atomic E-state index is 12.9. The third-order valence-electron chi connectivity index (χ3n) is 2.70. The molecule has 1 amide bonds. The van der Waals surface area contributed by atoms with E-state index in [0.29, 0.717) is 0 Å². The Bertz CT molecular complexity index is 842. The first-order valence-electron chi connectivity index (χ1n) is 6.26. The number of sulfonamides is 1. The van der Waals surface area contributed by atoms with Gasteiger partial charge in [0, 0.05) is 5.69 Å². The van der Waals surface area contributed by atoms with Crippen molar-refractivity contribution in [2.24, 2.45) is 5.14 Å². The summed E-state index contributed by atoms with van der Waals surface area (Å²) >= 11 is 5.77. The number of halogens is 2. The number of primary sulfonamides is 1. The number of rotatable bonds is 5. The molecule has 2 aromatic carbocycles. The van der Waals surface area contributed by atoms with E-state index in [9.17, 15) is 17.6 Å². The van der Waals surface area contributed by atoms with Crippen LogP contribution in [0.3, 0.4) is 0 Å². The number of amides is 1. The molecule has 122 valence electrons. The monoisotopic (exact) mass is 358 g/mol. The summed E-state index contributed by atoms with van der Waals surface area (Å²) in [7, 11) is -3.86. The fourth-order valence-electron chi connectivity index (χ4n) is 1.68. The molecule has 23 heavy (non-hydrogen) atoms. The topological polar surface area (TPSA) is 98.5 Å². The lowest BCUT2D eigenvalue weighted by Crippen LogP contribution is -2.20. The van der Waals surface area contributed by atoms with Gasteiger partial charge in [0.05, 0.1) is 9.92 Å². The Morgan fingerprint density at radius 2 is 2.00 bits per heavy atom. The molecule has 0 spiro atoms. The maximum Gasteiger partial charge on any atom is 0.262 e. The highest BCUT2D eigenvalue weighted by Gasteiger charge is 2.10. The molecular formula is C14H12ClFN2O4S. The second-order valence-corrected chi connectivity index (χ2v) is 6.45. The summed E-state index contributed by atoms with van der Waals surface area (Å²) in [6.45, 7) is -0.384. The molecule has 9 heteroatoms. The number of nitrogens with one attached hydrogen (secondary N) is 1. The summed E-state index contributed by atoms with van der Waals surface area (Å²) in [5.74, 6) is -0.912. The molecule has 0 saturated carbocycles. The van der Waals surface area contributed by atoms with Crippen molar-refractivity contribution < 1.29 is 22.3 Å². The molecule has 0 aliphatic rings. The van der Waals surface area contributed by atoms with Gasteiger partial charge in [-0.15, -0.1) is 0 Å². The van der Waals surface area contributed by atoms with E-state index in [1.165, 1.54) is 30.3 Å². The summed E-state index contributed by atoms with van der Waals surface area (Å²) in [4.78, 5) is 11.7. The normalized spacial score (nSPS) is 11.1. The van der Waals surface area contributed by atoms with Gasteiger partial charge in [0.15, 0.2) is 6.61 Å². The molecule has 0 heterocycles. The lowest BCUT2D eigenvalue weighted by Gasteiger charge is -2.09. The zero-order valence-corrected chi connectivity index (χ0v) is 13.2. The van der Waals surface area contributed by atoms with Crippen molar-refractivity contribution in [2.45, 2.75) is 4.90 Å². The zero-order valence-electron chi connectivity index (χ0n) is 11.6. The molecule has 0 atom stereocenters. The molecular weight excluding hydrogens is 347 g/mol. The van der Waals surface area contributed by atoms with Crippen LogP contribution in [0.15, 0.2) is 47.4 Å². The Morgan fingerprint density at radius 3 is 2.65 bits per heavy atom. The van der Waals surface area contributed by atoms with Crippen LogP contribution in [0.1, 0.15) is 0 Å². The van der Waals surface area contributed by atoms with E-state index in [-0.39, 0.29) is 28.0 Å². The van der Waals surface area contributed by atoms with Gasteiger partial charge in [-0.3, -0.25) is 4.79 Å². The van der Waals surface area contributed by atoms with E-state index in [0.717, 1.165) is 12.1 Å². The fourth-order valence-corrected chi connectivity index (χ4v) is 2.46. The Morgan fingerprint density at radius 1 is 1.26 bits per heavy atom. The number of anilines is 1. The van der Waals surface area contributed by atoms with E-state index in [1.807, 2.05) is 0 Å². The highest BCUT2D eigenvalue weighted by Crippen LogP contribution is 2.24. The van der Waals surface area contributed by atoms with Gasteiger partial charge in [-0.05, 0) is 36.4 Å². The number of carbonyl (C=O) groups excluding carboxylic acids is 1. The minimum absolute atomic E-state index is 0.0361. The van der Waals surface area contributed by atoms with Crippen LogP contribution in [0.4, 0.5) is 10.1 Å². The molecule has 0 radical (unpaired) electrons. The number of benzene rings is 2. The summed E-state index contributed by atoms with van der Waals surface area (Å²) in [5.41, 5.74) is 0.246. The number of nitrogens with two attached hydrogens (primary N) is 1. The van der Waals surface area contributed by atoms with Crippen molar-refractivity contribution in [2.75, 3.05) is 11.9 Å². The van der Waals surface area contributed by atoms with E-state index < -0.39 is 21.7 Å². The Kier molecular flexibility index (Phi) is 5.19. The molecule has 0 aliphatic carbocycles. The van der Waals surface area contributed by atoms with E-state index in [2.05, 4.69) is 5.32 Å². The van der Waals surface area contributed by atoms with Crippen LogP contribution >= 0.6 is 11.6 Å². The van der Waals surface area contributed by atoms with Crippen LogP contribution in [0, 0.1) is 5.82 Å². The van der Waals surface area contributed by atoms with Gasteiger partial charge < -0.3 is 10.1 Å². The van der Waals surface area contributed by atoms with Crippen molar-refractivity contribution in [3.8, 4) is 5.75 Å². The van der Waals surface area contributed by atoms with E-state index in [1.54, 1.807) is 0 Å². The standard InChI is InChI=1S/C14H12ClFN2O4S/c15-12-6-9(16)4-5-13(12)22-8-14(19)18-10-2-1-3-11(7-10)23(17,20)21/h1-7H,8H2,(H,18,19)(H2,17,20,21). The summed E-state index contributed by atoms with van der Waals surface area (Å²) in [6, 6.07) is 8.97. The molecule has 0 fully saturated rings. The summed E-state index contributed by atoms with van der Waals surface area (Å²) in [5, 5.41) is 7.50. The Balaban J connectivity index is 2.00.